The van der Waals surface area contributed by atoms with Crippen molar-refractivity contribution in [1.29, 1.82) is 0 Å². The minimum Gasteiger partial charge on any atom is -0.456 e. The van der Waals surface area contributed by atoms with Crippen LogP contribution in [0.15, 0.2) is 180 Å². The first kappa shape index (κ1) is 29.0. The topological polar surface area (TPSA) is 51.8 Å². The molecule has 4 heteroatoms. The van der Waals surface area contributed by atoms with E-state index in [2.05, 4.69) is 146 Å². The van der Waals surface area contributed by atoms with Crippen LogP contribution >= 0.6 is 0 Å². The van der Waals surface area contributed by atoms with E-state index in [1.54, 1.807) is 0 Å². The lowest BCUT2D eigenvalue weighted by Crippen LogP contribution is -2.00. The lowest BCUT2D eigenvalue weighted by atomic mass is 9.95. The molecule has 0 radical (unpaired) electrons. The molecule has 10 aromatic rings. The minimum absolute atomic E-state index is 0.616. The Hall–Kier alpha value is -6.91. The van der Waals surface area contributed by atoms with E-state index in [0.29, 0.717) is 17.5 Å². The molecule has 10 rings (SSSR count). The van der Waals surface area contributed by atoms with Crippen LogP contribution in [-0.4, -0.2) is 15.0 Å². The van der Waals surface area contributed by atoms with E-state index in [4.69, 9.17) is 19.4 Å². The van der Waals surface area contributed by atoms with Gasteiger partial charge in [0.15, 0.2) is 17.5 Å². The number of rotatable bonds is 5. The summed E-state index contributed by atoms with van der Waals surface area (Å²) in [5, 5.41) is 6.66. The molecule has 0 atom stereocenters. The van der Waals surface area contributed by atoms with E-state index in [1.165, 1.54) is 16.7 Å². The number of hydrogen-bond donors (Lipinski definition) is 0. The van der Waals surface area contributed by atoms with Gasteiger partial charge in [0.25, 0.3) is 0 Å². The Bertz CT molecular complexity index is 2900. The van der Waals surface area contributed by atoms with Crippen LogP contribution in [0.2, 0.25) is 0 Å². The maximum Gasteiger partial charge on any atom is 0.164 e. The second kappa shape index (κ2) is 11.9. The Balaban J connectivity index is 1.15. The molecule has 2 heterocycles. The number of fused-ring (bicyclic) bond motifs is 5. The van der Waals surface area contributed by atoms with Crippen LogP contribution in [0.1, 0.15) is 0 Å². The van der Waals surface area contributed by atoms with Crippen LogP contribution in [0.4, 0.5) is 0 Å². The number of hydrogen-bond acceptors (Lipinski definition) is 4. The van der Waals surface area contributed by atoms with Crippen molar-refractivity contribution in [3.8, 4) is 56.4 Å². The van der Waals surface area contributed by atoms with Gasteiger partial charge in [0.05, 0.1) is 0 Å². The van der Waals surface area contributed by atoms with Gasteiger partial charge in [0, 0.05) is 27.5 Å². The van der Waals surface area contributed by atoms with Crippen LogP contribution in [0.3, 0.4) is 0 Å². The van der Waals surface area contributed by atoms with Gasteiger partial charge < -0.3 is 4.42 Å². The molecule has 0 saturated carbocycles. The zero-order valence-electron chi connectivity index (χ0n) is 27.5. The molecule has 0 N–H and O–H groups in total. The monoisotopic (exact) mass is 651 g/mol. The quantitative estimate of drug-likeness (QED) is 0.186. The Morgan fingerprint density at radius 3 is 1.65 bits per heavy atom. The van der Waals surface area contributed by atoms with Gasteiger partial charge in [0.2, 0.25) is 0 Å². The number of furan rings is 1. The van der Waals surface area contributed by atoms with Crippen molar-refractivity contribution >= 4 is 43.5 Å². The zero-order chi connectivity index (χ0) is 33.7. The van der Waals surface area contributed by atoms with Crippen molar-refractivity contribution in [1.82, 2.24) is 15.0 Å². The molecule has 0 saturated heterocycles. The van der Waals surface area contributed by atoms with Gasteiger partial charge in [-0.1, -0.05) is 152 Å². The maximum absolute atomic E-state index is 6.24. The highest BCUT2D eigenvalue weighted by Gasteiger charge is 2.17. The van der Waals surface area contributed by atoms with Crippen LogP contribution < -0.4 is 0 Å². The van der Waals surface area contributed by atoms with E-state index in [1.807, 2.05) is 30.3 Å². The van der Waals surface area contributed by atoms with Crippen LogP contribution in [0.25, 0.3) is 99.9 Å². The Labute approximate surface area is 294 Å². The summed E-state index contributed by atoms with van der Waals surface area (Å²) in [4.78, 5) is 15.4. The molecule has 51 heavy (non-hydrogen) atoms. The molecule has 0 aliphatic rings. The average Bonchev–Trinajstić information content (AvgIpc) is 3.57. The van der Waals surface area contributed by atoms with Gasteiger partial charge in [-0.05, 0) is 68.1 Å². The second-order valence-electron chi connectivity index (χ2n) is 12.8. The predicted octanol–water partition coefficient (Wildman–Crippen LogP) is 12.4. The first-order chi connectivity index (χ1) is 25.2. The molecule has 0 amide bonds. The molecule has 0 spiro atoms. The first-order valence-corrected chi connectivity index (χ1v) is 17.1. The van der Waals surface area contributed by atoms with E-state index >= 15 is 0 Å². The summed E-state index contributed by atoms with van der Waals surface area (Å²) in [6, 6.07) is 61.1. The second-order valence-corrected chi connectivity index (χ2v) is 12.8. The lowest BCUT2D eigenvalue weighted by Gasteiger charge is -2.13. The molecule has 0 unspecified atom stereocenters. The lowest BCUT2D eigenvalue weighted by molar-refractivity contribution is 0.669. The summed E-state index contributed by atoms with van der Waals surface area (Å²) in [5.74, 6) is 1.87. The van der Waals surface area contributed by atoms with E-state index in [0.717, 1.165) is 65.7 Å². The van der Waals surface area contributed by atoms with Gasteiger partial charge >= 0.3 is 0 Å². The summed E-state index contributed by atoms with van der Waals surface area (Å²) in [7, 11) is 0. The third-order valence-corrected chi connectivity index (χ3v) is 9.73. The summed E-state index contributed by atoms with van der Waals surface area (Å²) in [6.07, 6.45) is 0. The van der Waals surface area contributed by atoms with Crippen molar-refractivity contribution in [2.24, 2.45) is 0 Å². The normalized spacial score (nSPS) is 11.5. The molecule has 8 aromatic carbocycles. The minimum atomic E-state index is 0.616. The molecular formula is C47H29N3O. The van der Waals surface area contributed by atoms with E-state index < -0.39 is 0 Å². The third kappa shape index (κ3) is 5.13. The molecule has 0 bridgehead atoms. The SMILES string of the molecule is c1ccc(-c2ccc(-c3nc(-c4ccc5cc6c(cc5c4)oc4ccccc46)nc(-c4cccc5c(-c6ccccc6)cccc45)n3)cc2)cc1. The molecule has 0 fully saturated rings. The third-order valence-electron chi connectivity index (χ3n) is 9.73. The molecule has 4 nitrogen and oxygen atoms in total. The number of aromatic nitrogens is 3. The smallest absolute Gasteiger partial charge is 0.164 e. The zero-order valence-corrected chi connectivity index (χ0v) is 27.5. The summed E-state index contributed by atoms with van der Waals surface area (Å²) in [5.41, 5.74) is 9.20. The van der Waals surface area contributed by atoms with Crippen molar-refractivity contribution < 1.29 is 4.42 Å². The summed E-state index contributed by atoms with van der Waals surface area (Å²) in [6.45, 7) is 0. The van der Waals surface area contributed by atoms with E-state index in [9.17, 15) is 0 Å². The maximum atomic E-state index is 6.24. The largest absolute Gasteiger partial charge is 0.456 e. The van der Waals surface area contributed by atoms with Crippen LogP contribution in [0.5, 0.6) is 0 Å². The fraction of sp³-hybridized carbons (Fsp3) is 0. The van der Waals surface area contributed by atoms with Crippen molar-refractivity contribution in [2.45, 2.75) is 0 Å². The Morgan fingerprint density at radius 2 is 0.863 bits per heavy atom. The van der Waals surface area contributed by atoms with Gasteiger partial charge in [-0.15, -0.1) is 0 Å². The van der Waals surface area contributed by atoms with Crippen LogP contribution in [0, 0.1) is 0 Å². The Morgan fingerprint density at radius 1 is 0.294 bits per heavy atom. The molecule has 0 aliphatic heterocycles. The van der Waals surface area contributed by atoms with Gasteiger partial charge in [-0.2, -0.15) is 0 Å². The fourth-order valence-corrected chi connectivity index (χ4v) is 7.18. The van der Waals surface area contributed by atoms with Crippen LogP contribution in [-0.2, 0) is 0 Å². The molecule has 2 aromatic heterocycles. The van der Waals surface area contributed by atoms with Crippen molar-refractivity contribution in [2.75, 3.05) is 0 Å². The van der Waals surface area contributed by atoms with Gasteiger partial charge in [-0.3, -0.25) is 0 Å². The predicted molar refractivity (Wildman–Crippen MR) is 209 cm³/mol. The summed E-state index contributed by atoms with van der Waals surface area (Å²) >= 11 is 0. The summed E-state index contributed by atoms with van der Waals surface area (Å²) < 4.78 is 6.24. The molecule has 0 aliphatic carbocycles. The number of benzene rings is 8. The van der Waals surface area contributed by atoms with Gasteiger partial charge in [-0.25, -0.2) is 15.0 Å². The number of para-hydroxylation sites is 1. The van der Waals surface area contributed by atoms with E-state index in [-0.39, 0.29) is 0 Å². The highest BCUT2D eigenvalue weighted by atomic mass is 16.3. The van der Waals surface area contributed by atoms with Crippen molar-refractivity contribution in [3.05, 3.63) is 176 Å². The standard InChI is InChI=1S/C47H29N3O/c1-3-11-30(12-4-1)31-21-23-33(24-22-31)45-48-46(35-26-25-34-28-42-40-15-7-8-20-43(40)51-44(42)29-36(34)27-35)50-47(49-45)41-19-10-17-38-37(16-9-18-39(38)41)32-13-5-2-6-14-32/h1-29H. The fourth-order valence-electron chi connectivity index (χ4n) is 7.18. The highest BCUT2D eigenvalue weighted by molar-refractivity contribution is 6.10. The highest BCUT2D eigenvalue weighted by Crippen LogP contribution is 2.37. The Kier molecular flexibility index (Phi) is 6.78. The molecule has 238 valence electrons. The van der Waals surface area contributed by atoms with Crippen molar-refractivity contribution in [3.63, 3.8) is 0 Å². The average molecular weight is 652 g/mol. The first-order valence-electron chi connectivity index (χ1n) is 17.1. The van der Waals surface area contributed by atoms with Gasteiger partial charge in [0.1, 0.15) is 11.2 Å². The molecular weight excluding hydrogens is 623 g/mol. The number of nitrogens with zero attached hydrogens (tertiary/aromatic N) is 3.